The Labute approximate surface area is 197 Å². The van der Waals surface area contributed by atoms with E-state index < -0.39 is 0 Å². The first kappa shape index (κ1) is 20.4. The summed E-state index contributed by atoms with van der Waals surface area (Å²) in [5, 5.41) is 0. The van der Waals surface area contributed by atoms with Crippen LogP contribution in [0.4, 0.5) is 11.4 Å². The van der Waals surface area contributed by atoms with Crippen molar-refractivity contribution >= 4 is 11.4 Å². The third-order valence-electron chi connectivity index (χ3n) is 8.08. The van der Waals surface area contributed by atoms with Crippen LogP contribution in [0.25, 0.3) is 11.1 Å². The van der Waals surface area contributed by atoms with Crippen LogP contribution in [0, 0.1) is 0 Å². The zero-order valence-electron chi connectivity index (χ0n) is 20.2. The summed E-state index contributed by atoms with van der Waals surface area (Å²) < 4.78 is 5.36. The van der Waals surface area contributed by atoms with Crippen LogP contribution < -0.4 is 9.64 Å². The van der Waals surface area contributed by atoms with Crippen LogP contribution in [-0.4, -0.2) is 7.11 Å². The van der Waals surface area contributed by atoms with Crippen molar-refractivity contribution in [2.75, 3.05) is 12.0 Å². The predicted molar refractivity (Wildman–Crippen MR) is 138 cm³/mol. The fourth-order valence-electron chi connectivity index (χ4n) is 6.16. The van der Waals surface area contributed by atoms with E-state index in [0.29, 0.717) is 0 Å². The monoisotopic (exact) mass is 433 g/mol. The van der Waals surface area contributed by atoms with Crippen molar-refractivity contribution in [3.8, 4) is 16.9 Å². The van der Waals surface area contributed by atoms with Gasteiger partial charge in [0.25, 0.3) is 0 Å². The molecule has 0 radical (unpaired) electrons. The molecule has 0 bridgehead atoms. The van der Waals surface area contributed by atoms with Gasteiger partial charge in [0, 0.05) is 16.5 Å². The highest BCUT2D eigenvalue weighted by molar-refractivity contribution is 5.88. The molecule has 0 spiro atoms. The van der Waals surface area contributed by atoms with E-state index in [0.717, 1.165) is 18.6 Å². The molecule has 2 nitrogen and oxygen atoms in total. The van der Waals surface area contributed by atoms with Gasteiger partial charge < -0.3 is 9.64 Å². The molecule has 2 heterocycles. The van der Waals surface area contributed by atoms with Crippen LogP contribution in [0.1, 0.15) is 57.2 Å². The van der Waals surface area contributed by atoms with E-state index >= 15 is 0 Å². The van der Waals surface area contributed by atoms with Gasteiger partial charge in [-0.2, -0.15) is 0 Å². The van der Waals surface area contributed by atoms with Crippen molar-refractivity contribution in [1.82, 2.24) is 0 Å². The quantitative estimate of drug-likeness (QED) is 0.405. The number of ether oxygens (including phenoxy) is 1. The van der Waals surface area contributed by atoms with Crippen molar-refractivity contribution in [3.63, 3.8) is 0 Å². The fraction of sp³-hybridized carbons (Fsp3) is 0.290. The van der Waals surface area contributed by atoms with E-state index in [4.69, 9.17) is 4.74 Å². The topological polar surface area (TPSA) is 12.5 Å². The maximum Gasteiger partial charge on any atom is 0.118 e. The average Bonchev–Trinajstić information content (AvgIpc) is 2.83. The van der Waals surface area contributed by atoms with Gasteiger partial charge in [0.2, 0.25) is 0 Å². The third-order valence-corrected chi connectivity index (χ3v) is 8.08. The average molecular weight is 434 g/mol. The minimum Gasteiger partial charge on any atom is -0.497 e. The lowest BCUT2D eigenvalue weighted by molar-refractivity contribution is 0.415. The molecule has 0 unspecified atom stereocenters. The van der Waals surface area contributed by atoms with Crippen LogP contribution in [0.15, 0.2) is 84.1 Å². The molecule has 3 aromatic carbocycles. The Morgan fingerprint density at radius 3 is 2.21 bits per heavy atom. The Hall–Kier alpha value is -3.26. The van der Waals surface area contributed by atoms with E-state index in [9.17, 15) is 0 Å². The van der Waals surface area contributed by atoms with E-state index in [1.54, 1.807) is 12.7 Å². The summed E-state index contributed by atoms with van der Waals surface area (Å²) in [7, 11) is 1.71. The molecule has 0 aromatic heterocycles. The number of nitrogens with zero attached hydrogens (tertiary/aromatic N) is 1. The van der Waals surface area contributed by atoms with Gasteiger partial charge in [0.05, 0.1) is 18.5 Å². The number of para-hydroxylation sites is 1. The van der Waals surface area contributed by atoms with Gasteiger partial charge in [-0.15, -0.1) is 0 Å². The Balaban J connectivity index is 1.61. The van der Waals surface area contributed by atoms with Crippen molar-refractivity contribution in [1.29, 1.82) is 0 Å². The SMILES string of the molecule is COc1ccc(-c2ccc3c(c2)C(C)(C)c2cccc4c2N3C2=C(CCC=C2)C4(C)C)cc1. The maximum absolute atomic E-state index is 5.36. The molecule has 0 fully saturated rings. The van der Waals surface area contributed by atoms with Gasteiger partial charge in [-0.1, -0.05) is 70.2 Å². The summed E-state index contributed by atoms with van der Waals surface area (Å²) in [6.45, 7) is 9.57. The molecule has 0 saturated heterocycles. The molecule has 2 aliphatic heterocycles. The summed E-state index contributed by atoms with van der Waals surface area (Å²) in [6, 6.07) is 22.3. The van der Waals surface area contributed by atoms with Crippen molar-refractivity contribution in [2.24, 2.45) is 0 Å². The van der Waals surface area contributed by atoms with Gasteiger partial charge in [0.1, 0.15) is 5.75 Å². The highest BCUT2D eigenvalue weighted by Gasteiger charge is 2.45. The van der Waals surface area contributed by atoms with Gasteiger partial charge in [-0.25, -0.2) is 0 Å². The molecule has 3 aliphatic rings. The van der Waals surface area contributed by atoms with E-state index in [1.165, 1.54) is 44.9 Å². The summed E-state index contributed by atoms with van der Waals surface area (Å²) in [5.74, 6) is 0.887. The largest absolute Gasteiger partial charge is 0.497 e. The predicted octanol–water partition coefficient (Wildman–Crippen LogP) is 8.03. The number of hydrogen-bond donors (Lipinski definition) is 0. The molecular weight excluding hydrogens is 402 g/mol. The Morgan fingerprint density at radius 1 is 0.788 bits per heavy atom. The molecule has 3 aromatic rings. The molecule has 0 amide bonds. The second kappa shape index (κ2) is 6.87. The Bertz CT molecular complexity index is 1340. The van der Waals surface area contributed by atoms with Crippen molar-refractivity contribution in [3.05, 3.63) is 101 Å². The number of fused-ring (bicyclic) bond motifs is 3. The number of rotatable bonds is 2. The third kappa shape index (κ3) is 2.73. The zero-order valence-corrected chi connectivity index (χ0v) is 20.2. The first-order valence-corrected chi connectivity index (χ1v) is 12.0. The summed E-state index contributed by atoms with van der Waals surface area (Å²) in [5.41, 5.74) is 12.3. The summed E-state index contributed by atoms with van der Waals surface area (Å²) in [4.78, 5) is 2.55. The molecule has 0 saturated carbocycles. The molecular formula is C31H31NO. The van der Waals surface area contributed by atoms with E-state index in [-0.39, 0.29) is 10.8 Å². The summed E-state index contributed by atoms with van der Waals surface area (Å²) in [6.07, 6.45) is 6.95. The lowest BCUT2D eigenvalue weighted by atomic mass is 9.65. The molecule has 0 atom stereocenters. The van der Waals surface area contributed by atoms with Crippen molar-refractivity contribution in [2.45, 2.75) is 51.4 Å². The molecule has 166 valence electrons. The highest BCUT2D eigenvalue weighted by atomic mass is 16.5. The van der Waals surface area contributed by atoms with Gasteiger partial charge >= 0.3 is 0 Å². The first-order valence-electron chi connectivity index (χ1n) is 12.0. The zero-order chi connectivity index (χ0) is 23.0. The standard InChI is InChI=1S/C31H31NO/c1-30(2)23-9-6-7-12-27(23)32-28-18-15-21(20-13-16-22(33-5)17-14-20)19-26(28)31(3,4)25-11-8-10-24(30)29(25)32/h7-8,10-19H,6,9H2,1-5H3. The minimum absolute atomic E-state index is 0.0402. The molecule has 1 aliphatic carbocycles. The number of benzene rings is 3. The lowest BCUT2D eigenvalue weighted by Crippen LogP contribution is -2.40. The van der Waals surface area contributed by atoms with E-state index in [1.807, 2.05) is 12.1 Å². The number of allylic oxidation sites excluding steroid dienone is 3. The molecule has 0 N–H and O–H groups in total. The Morgan fingerprint density at radius 2 is 1.48 bits per heavy atom. The number of hydrogen-bond acceptors (Lipinski definition) is 2. The molecule has 6 rings (SSSR count). The highest BCUT2D eigenvalue weighted by Crippen LogP contribution is 2.59. The van der Waals surface area contributed by atoms with E-state index in [2.05, 4.69) is 93.3 Å². The van der Waals surface area contributed by atoms with Crippen LogP contribution >= 0.6 is 0 Å². The number of methoxy groups -OCH3 is 1. The second-order valence-electron chi connectivity index (χ2n) is 10.6. The van der Waals surface area contributed by atoms with Gasteiger partial charge in [-0.3, -0.25) is 0 Å². The first-order chi connectivity index (χ1) is 15.8. The second-order valence-corrected chi connectivity index (χ2v) is 10.6. The summed E-state index contributed by atoms with van der Waals surface area (Å²) >= 11 is 0. The fourth-order valence-corrected chi connectivity index (χ4v) is 6.16. The lowest BCUT2D eigenvalue weighted by Gasteiger charge is -2.50. The van der Waals surface area contributed by atoms with Crippen LogP contribution in [0.3, 0.4) is 0 Å². The smallest absolute Gasteiger partial charge is 0.118 e. The number of anilines is 2. The van der Waals surface area contributed by atoms with Crippen LogP contribution in [-0.2, 0) is 10.8 Å². The van der Waals surface area contributed by atoms with Crippen LogP contribution in [0.5, 0.6) is 5.75 Å². The van der Waals surface area contributed by atoms with Crippen LogP contribution in [0.2, 0.25) is 0 Å². The van der Waals surface area contributed by atoms with Gasteiger partial charge in [0.15, 0.2) is 0 Å². The normalized spacial score (nSPS) is 19.0. The molecule has 33 heavy (non-hydrogen) atoms. The maximum atomic E-state index is 5.36. The minimum atomic E-state index is -0.0911. The van der Waals surface area contributed by atoms with Crippen molar-refractivity contribution < 1.29 is 4.74 Å². The molecule has 2 heteroatoms. The Kier molecular flexibility index (Phi) is 4.24. The van der Waals surface area contributed by atoms with Gasteiger partial charge in [-0.05, 0) is 76.6 Å².